The molecule has 1 heterocycles. The first-order valence-corrected chi connectivity index (χ1v) is 9.53. The molecule has 1 atom stereocenters. The monoisotopic (exact) mass is 386 g/mol. The number of ether oxygens (including phenoxy) is 1. The van der Waals surface area contributed by atoms with E-state index in [0.29, 0.717) is 12.5 Å². The Balaban J connectivity index is 0.00000210. The third-order valence-corrected chi connectivity index (χ3v) is 5.23. The molecule has 1 aliphatic rings. The first-order chi connectivity index (χ1) is 12.7. The molecule has 0 radical (unpaired) electrons. The van der Waals surface area contributed by atoms with Gasteiger partial charge in [0.25, 0.3) is 0 Å². The van der Waals surface area contributed by atoms with E-state index >= 15 is 0 Å². The van der Waals surface area contributed by atoms with Gasteiger partial charge in [-0.1, -0.05) is 37.1 Å². The Bertz CT molecular complexity index is 887. The summed E-state index contributed by atoms with van der Waals surface area (Å²) in [7, 11) is 0. The van der Waals surface area contributed by atoms with Gasteiger partial charge in [0.2, 0.25) is 0 Å². The van der Waals surface area contributed by atoms with E-state index in [-0.39, 0.29) is 19.0 Å². The van der Waals surface area contributed by atoms with Gasteiger partial charge in [-0.15, -0.1) is 12.4 Å². The van der Waals surface area contributed by atoms with Crippen molar-refractivity contribution in [2.24, 2.45) is 0 Å². The van der Waals surface area contributed by atoms with Crippen LogP contribution in [0.1, 0.15) is 43.0 Å². The van der Waals surface area contributed by atoms with E-state index in [0.717, 1.165) is 28.2 Å². The summed E-state index contributed by atoms with van der Waals surface area (Å²) < 4.78 is 8.00. The SMILES string of the molecule is Cc1cccc(OCC(O)Cn2c(C3CCCC3)nc3ccccc32)c1.Cl. The van der Waals surface area contributed by atoms with Gasteiger partial charge in [-0.3, -0.25) is 0 Å². The van der Waals surface area contributed by atoms with Gasteiger partial charge in [0, 0.05) is 5.92 Å². The maximum absolute atomic E-state index is 10.6. The molecule has 1 aliphatic carbocycles. The number of rotatable bonds is 6. The van der Waals surface area contributed by atoms with Gasteiger partial charge in [-0.05, 0) is 49.6 Å². The van der Waals surface area contributed by atoms with Crippen molar-refractivity contribution in [3.05, 3.63) is 59.9 Å². The molecule has 1 aromatic heterocycles. The summed E-state index contributed by atoms with van der Waals surface area (Å²) in [6.07, 6.45) is 4.35. The fourth-order valence-corrected chi connectivity index (χ4v) is 3.94. The zero-order valence-corrected chi connectivity index (χ0v) is 16.5. The second-order valence-corrected chi connectivity index (χ2v) is 7.33. The average molecular weight is 387 g/mol. The van der Waals surface area contributed by atoms with Gasteiger partial charge in [0.1, 0.15) is 24.3 Å². The topological polar surface area (TPSA) is 47.3 Å². The van der Waals surface area contributed by atoms with Crippen molar-refractivity contribution in [1.29, 1.82) is 0 Å². The lowest BCUT2D eigenvalue weighted by atomic mass is 10.1. The Kier molecular flexibility index (Phi) is 6.40. The van der Waals surface area contributed by atoms with Crippen molar-refractivity contribution in [2.75, 3.05) is 6.61 Å². The number of aryl methyl sites for hydroxylation is 1. The molecule has 1 saturated carbocycles. The highest BCUT2D eigenvalue weighted by atomic mass is 35.5. The minimum absolute atomic E-state index is 0. The van der Waals surface area contributed by atoms with Crippen LogP contribution in [0, 0.1) is 6.92 Å². The number of nitrogens with zero attached hydrogens (tertiary/aromatic N) is 2. The first-order valence-electron chi connectivity index (χ1n) is 9.53. The fourth-order valence-electron chi connectivity index (χ4n) is 3.94. The second kappa shape index (κ2) is 8.77. The summed E-state index contributed by atoms with van der Waals surface area (Å²) in [6, 6.07) is 16.1. The zero-order chi connectivity index (χ0) is 17.9. The molecule has 144 valence electrons. The van der Waals surface area contributed by atoms with E-state index in [1.165, 1.54) is 25.7 Å². The van der Waals surface area contributed by atoms with Crippen LogP contribution in [-0.2, 0) is 6.54 Å². The van der Waals surface area contributed by atoms with Gasteiger partial charge >= 0.3 is 0 Å². The third kappa shape index (κ3) is 4.45. The Labute approximate surface area is 166 Å². The first kappa shape index (κ1) is 19.7. The number of halogens is 1. The number of aliphatic hydroxyl groups excluding tert-OH is 1. The van der Waals surface area contributed by atoms with Crippen LogP contribution in [0.15, 0.2) is 48.5 Å². The van der Waals surface area contributed by atoms with Crippen LogP contribution in [0.4, 0.5) is 0 Å². The summed E-state index contributed by atoms with van der Waals surface area (Å²) in [5, 5.41) is 10.6. The molecule has 1 N–H and O–H groups in total. The molecule has 3 aromatic rings. The summed E-state index contributed by atoms with van der Waals surface area (Å²) in [4.78, 5) is 4.89. The Morgan fingerprint density at radius 2 is 1.93 bits per heavy atom. The van der Waals surface area contributed by atoms with Crippen LogP contribution in [0.3, 0.4) is 0 Å². The van der Waals surface area contributed by atoms with Gasteiger partial charge < -0.3 is 14.4 Å². The lowest BCUT2D eigenvalue weighted by Crippen LogP contribution is -2.25. The quantitative estimate of drug-likeness (QED) is 0.657. The molecule has 0 spiro atoms. The second-order valence-electron chi connectivity index (χ2n) is 7.33. The number of hydrogen-bond donors (Lipinski definition) is 1. The van der Waals surface area contributed by atoms with Gasteiger partial charge in [0.15, 0.2) is 0 Å². The number of imidazole rings is 1. The molecule has 1 fully saturated rings. The van der Waals surface area contributed by atoms with Crippen molar-refractivity contribution in [2.45, 2.75) is 51.2 Å². The summed E-state index contributed by atoms with van der Waals surface area (Å²) in [5.41, 5.74) is 3.27. The molecule has 5 heteroatoms. The van der Waals surface area contributed by atoms with E-state index in [2.05, 4.69) is 16.7 Å². The molecule has 2 aromatic carbocycles. The van der Waals surface area contributed by atoms with E-state index in [1.54, 1.807) is 0 Å². The Morgan fingerprint density at radius 3 is 2.70 bits per heavy atom. The molecule has 0 amide bonds. The van der Waals surface area contributed by atoms with Crippen molar-refractivity contribution in [1.82, 2.24) is 9.55 Å². The number of aliphatic hydroxyl groups is 1. The molecule has 0 saturated heterocycles. The maximum Gasteiger partial charge on any atom is 0.119 e. The van der Waals surface area contributed by atoms with Crippen LogP contribution in [0.5, 0.6) is 5.75 Å². The minimum Gasteiger partial charge on any atom is -0.491 e. The van der Waals surface area contributed by atoms with Crippen LogP contribution in [-0.4, -0.2) is 27.4 Å². The highest BCUT2D eigenvalue weighted by Crippen LogP contribution is 2.35. The number of hydrogen-bond acceptors (Lipinski definition) is 3. The number of para-hydroxylation sites is 2. The van der Waals surface area contributed by atoms with Crippen molar-refractivity contribution in [3.8, 4) is 5.75 Å². The normalized spacial score (nSPS) is 15.6. The largest absolute Gasteiger partial charge is 0.491 e. The fraction of sp³-hybridized carbons (Fsp3) is 0.409. The van der Waals surface area contributed by atoms with E-state index in [4.69, 9.17) is 9.72 Å². The number of aromatic nitrogens is 2. The maximum atomic E-state index is 10.6. The molecule has 0 bridgehead atoms. The Morgan fingerprint density at radius 1 is 1.15 bits per heavy atom. The predicted octanol–water partition coefficient (Wildman–Crippen LogP) is 4.86. The predicted molar refractivity (Wildman–Crippen MR) is 111 cm³/mol. The summed E-state index contributed by atoms with van der Waals surface area (Å²) in [6.45, 7) is 2.83. The molecule has 4 rings (SSSR count). The van der Waals surface area contributed by atoms with E-state index < -0.39 is 6.10 Å². The summed E-state index contributed by atoms with van der Waals surface area (Å²) >= 11 is 0. The Hall–Kier alpha value is -2.04. The third-order valence-electron chi connectivity index (χ3n) is 5.23. The van der Waals surface area contributed by atoms with Crippen molar-refractivity contribution in [3.63, 3.8) is 0 Å². The standard InChI is InChI=1S/C22H26N2O2.ClH/c1-16-7-6-10-19(13-16)26-15-18(25)14-24-21-12-5-4-11-20(21)23-22(24)17-8-2-3-9-17;/h4-7,10-13,17-18,25H,2-3,8-9,14-15H2,1H3;1H. The molecule has 4 nitrogen and oxygen atoms in total. The molecular weight excluding hydrogens is 360 g/mol. The van der Waals surface area contributed by atoms with E-state index in [1.807, 2.05) is 43.3 Å². The van der Waals surface area contributed by atoms with Crippen LogP contribution < -0.4 is 4.74 Å². The van der Waals surface area contributed by atoms with Gasteiger partial charge in [-0.25, -0.2) is 4.98 Å². The molecular formula is C22H27ClN2O2. The van der Waals surface area contributed by atoms with Gasteiger partial charge in [0.05, 0.1) is 17.6 Å². The minimum atomic E-state index is -0.576. The highest BCUT2D eigenvalue weighted by Gasteiger charge is 2.24. The molecule has 27 heavy (non-hydrogen) atoms. The summed E-state index contributed by atoms with van der Waals surface area (Å²) in [5.74, 6) is 2.43. The van der Waals surface area contributed by atoms with Crippen molar-refractivity contribution >= 4 is 23.4 Å². The number of fused-ring (bicyclic) bond motifs is 1. The molecule has 1 unspecified atom stereocenters. The van der Waals surface area contributed by atoms with Crippen LogP contribution in [0.2, 0.25) is 0 Å². The number of benzene rings is 2. The van der Waals surface area contributed by atoms with E-state index in [9.17, 15) is 5.11 Å². The zero-order valence-electron chi connectivity index (χ0n) is 15.7. The smallest absolute Gasteiger partial charge is 0.119 e. The average Bonchev–Trinajstić information content (AvgIpc) is 3.28. The highest BCUT2D eigenvalue weighted by molar-refractivity contribution is 5.85. The van der Waals surface area contributed by atoms with Crippen molar-refractivity contribution < 1.29 is 9.84 Å². The lowest BCUT2D eigenvalue weighted by molar-refractivity contribution is 0.0924. The lowest BCUT2D eigenvalue weighted by Gasteiger charge is -2.18. The van der Waals surface area contributed by atoms with Crippen LogP contribution >= 0.6 is 12.4 Å². The van der Waals surface area contributed by atoms with Crippen LogP contribution in [0.25, 0.3) is 11.0 Å². The molecule has 0 aliphatic heterocycles. The van der Waals surface area contributed by atoms with Gasteiger partial charge in [-0.2, -0.15) is 0 Å².